The summed E-state index contributed by atoms with van der Waals surface area (Å²) in [5, 5.41) is 2.04. The summed E-state index contributed by atoms with van der Waals surface area (Å²) >= 11 is 0. The lowest BCUT2D eigenvalue weighted by Crippen LogP contribution is -2.45. The molecule has 1 aliphatic heterocycles. The van der Waals surface area contributed by atoms with Crippen LogP contribution in [0.25, 0.3) is 11.1 Å². The van der Waals surface area contributed by atoms with Crippen LogP contribution in [0.15, 0.2) is 54.6 Å². The summed E-state index contributed by atoms with van der Waals surface area (Å²) in [6, 6.07) is 17.8. The number of hydrogen-bond donors (Lipinski definition) is 1. The van der Waals surface area contributed by atoms with Gasteiger partial charge in [-0.1, -0.05) is 55.0 Å². The van der Waals surface area contributed by atoms with E-state index < -0.39 is 0 Å². The summed E-state index contributed by atoms with van der Waals surface area (Å²) in [5.74, 6) is -0.0173. The average molecular weight is 280 g/mol. The van der Waals surface area contributed by atoms with E-state index in [0.717, 1.165) is 42.6 Å². The van der Waals surface area contributed by atoms with Crippen LogP contribution in [0.1, 0.15) is 29.6 Å². The number of hydrazine groups is 1. The van der Waals surface area contributed by atoms with Crippen LogP contribution in [0.5, 0.6) is 0 Å². The number of nitrogens with one attached hydrogen (secondary N) is 1. The van der Waals surface area contributed by atoms with Gasteiger partial charge in [0.25, 0.3) is 5.91 Å². The van der Waals surface area contributed by atoms with Crippen molar-refractivity contribution in [2.45, 2.75) is 19.3 Å². The van der Waals surface area contributed by atoms with Gasteiger partial charge in [0, 0.05) is 18.7 Å². The van der Waals surface area contributed by atoms with E-state index in [2.05, 4.69) is 5.43 Å². The van der Waals surface area contributed by atoms with Crippen molar-refractivity contribution >= 4 is 5.91 Å². The average Bonchev–Trinajstić information content (AvgIpc) is 2.56. The van der Waals surface area contributed by atoms with Crippen molar-refractivity contribution < 1.29 is 4.79 Å². The normalized spacial score (nSPS) is 15.6. The first-order valence-corrected chi connectivity index (χ1v) is 7.55. The summed E-state index contributed by atoms with van der Waals surface area (Å²) in [6.07, 6.45) is 3.56. The number of hydrogen-bond acceptors (Lipinski definition) is 2. The number of amides is 1. The molecule has 3 rings (SSSR count). The van der Waals surface area contributed by atoms with E-state index in [1.54, 1.807) is 0 Å². The minimum Gasteiger partial charge on any atom is -0.285 e. The minimum atomic E-state index is -0.0173. The van der Waals surface area contributed by atoms with E-state index in [1.165, 1.54) is 6.42 Å². The Morgan fingerprint density at radius 1 is 0.857 bits per heavy atom. The Hall–Kier alpha value is -2.13. The van der Waals surface area contributed by atoms with E-state index in [4.69, 9.17) is 0 Å². The maximum absolute atomic E-state index is 12.6. The predicted octanol–water partition coefficient (Wildman–Crippen LogP) is 3.48. The largest absolute Gasteiger partial charge is 0.285 e. The summed E-state index contributed by atoms with van der Waals surface area (Å²) in [7, 11) is 0. The third-order valence-corrected chi connectivity index (χ3v) is 3.87. The van der Waals surface area contributed by atoms with Gasteiger partial charge < -0.3 is 0 Å². The molecular weight excluding hydrogens is 260 g/mol. The fourth-order valence-corrected chi connectivity index (χ4v) is 2.76. The third-order valence-electron chi connectivity index (χ3n) is 3.87. The maximum atomic E-state index is 12.6. The van der Waals surface area contributed by atoms with Gasteiger partial charge in [-0.3, -0.25) is 10.2 Å². The van der Waals surface area contributed by atoms with E-state index in [9.17, 15) is 4.79 Å². The van der Waals surface area contributed by atoms with Crippen molar-refractivity contribution in [1.29, 1.82) is 0 Å². The molecule has 1 heterocycles. The lowest BCUT2D eigenvalue weighted by atomic mass is 9.99. The monoisotopic (exact) mass is 280 g/mol. The molecule has 1 fully saturated rings. The molecule has 2 aromatic rings. The zero-order valence-electron chi connectivity index (χ0n) is 12.1. The first-order chi connectivity index (χ1) is 10.3. The molecule has 2 aromatic carbocycles. The van der Waals surface area contributed by atoms with Crippen LogP contribution >= 0.6 is 0 Å². The van der Waals surface area contributed by atoms with E-state index in [-0.39, 0.29) is 5.91 Å². The highest BCUT2D eigenvalue weighted by atomic mass is 16.2. The first-order valence-electron chi connectivity index (χ1n) is 7.55. The van der Waals surface area contributed by atoms with Crippen LogP contribution in [0.2, 0.25) is 0 Å². The quantitative estimate of drug-likeness (QED) is 0.933. The number of piperidine rings is 1. The topological polar surface area (TPSA) is 32.3 Å². The van der Waals surface area contributed by atoms with Gasteiger partial charge in [-0.2, -0.15) is 0 Å². The summed E-state index contributed by atoms with van der Waals surface area (Å²) in [6.45, 7) is 1.89. The van der Waals surface area contributed by atoms with Crippen molar-refractivity contribution in [1.82, 2.24) is 10.4 Å². The van der Waals surface area contributed by atoms with Gasteiger partial charge in [0.1, 0.15) is 0 Å². The maximum Gasteiger partial charge on any atom is 0.266 e. The second-order valence-corrected chi connectivity index (χ2v) is 5.40. The second-order valence-electron chi connectivity index (χ2n) is 5.40. The standard InChI is InChI=1S/C18H20N2O/c21-18(19-20-13-7-2-8-14-20)17-12-6-5-11-16(17)15-9-3-1-4-10-15/h1,3-6,9-12H,2,7-8,13-14H2,(H,19,21). The molecule has 0 aliphatic carbocycles. The van der Waals surface area contributed by atoms with E-state index in [0.29, 0.717) is 0 Å². The molecule has 1 saturated heterocycles. The van der Waals surface area contributed by atoms with Crippen molar-refractivity contribution in [3.05, 3.63) is 60.2 Å². The van der Waals surface area contributed by atoms with Crippen LogP contribution < -0.4 is 5.43 Å². The molecule has 0 atom stereocenters. The molecule has 0 unspecified atom stereocenters. The molecule has 21 heavy (non-hydrogen) atoms. The van der Waals surface area contributed by atoms with Crippen LogP contribution in [-0.2, 0) is 0 Å². The van der Waals surface area contributed by atoms with Gasteiger partial charge >= 0.3 is 0 Å². The lowest BCUT2D eigenvalue weighted by Gasteiger charge is -2.27. The highest BCUT2D eigenvalue weighted by Crippen LogP contribution is 2.23. The summed E-state index contributed by atoms with van der Waals surface area (Å²) in [5.41, 5.74) is 5.82. The van der Waals surface area contributed by atoms with Crippen LogP contribution in [0.4, 0.5) is 0 Å². The Bertz CT molecular complexity index is 604. The van der Waals surface area contributed by atoms with Gasteiger partial charge in [0.05, 0.1) is 0 Å². The molecule has 0 radical (unpaired) electrons. The molecule has 0 aromatic heterocycles. The number of benzene rings is 2. The van der Waals surface area contributed by atoms with Crippen LogP contribution in [0.3, 0.4) is 0 Å². The molecule has 3 nitrogen and oxygen atoms in total. The highest BCUT2D eigenvalue weighted by molar-refractivity contribution is 6.00. The Kier molecular flexibility index (Phi) is 4.31. The van der Waals surface area contributed by atoms with Gasteiger partial charge in [0.15, 0.2) is 0 Å². The molecule has 108 valence electrons. The summed E-state index contributed by atoms with van der Waals surface area (Å²) < 4.78 is 0. The zero-order chi connectivity index (χ0) is 14.5. The number of nitrogens with zero attached hydrogens (tertiary/aromatic N) is 1. The molecular formula is C18H20N2O. The van der Waals surface area contributed by atoms with Gasteiger partial charge in [-0.15, -0.1) is 0 Å². The minimum absolute atomic E-state index is 0.0173. The summed E-state index contributed by atoms with van der Waals surface area (Å²) in [4.78, 5) is 12.6. The zero-order valence-corrected chi connectivity index (χ0v) is 12.1. The number of rotatable bonds is 3. The van der Waals surface area contributed by atoms with Gasteiger partial charge in [-0.25, -0.2) is 5.01 Å². The fourth-order valence-electron chi connectivity index (χ4n) is 2.76. The van der Waals surface area contributed by atoms with E-state index >= 15 is 0 Å². The highest BCUT2D eigenvalue weighted by Gasteiger charge is 2.16. The van der Waals surface area contributed by atoms with Crippen molar-refractivity contribution in [3.8, 4) is 11.1 Å². The smallest absolute Gasteiger partial charge is 0.266 e. The Morgan fingerprint density at radius 2 is 1.52 bits per heavy atom. The molecule has 1 N–H and O–H groups in total. The first kappa shape index (κ1) is 13.8. The van der Waals surface area contributed by atoms with Crippen molar-refractivity contribution in [3.63, 3.8) is 0 Å². The molecule has 1 amide bonds. The van der Waals surface area contributed by atoms with Gasteiger partial charge in [0.2, 0.25) is 0 Å². The second kappa shape index (κ2) is 6.55. The molecule has 0 spiro atoms. The van der Waals surface area contributed by atoms with E-state index in [1.807, 2.05) is 59.6 Å². The molecule has 0 saturated carbocycles. The van der Waals surface area contributed by atoms with Crippen molar-refractivity contribution in [2.24, 2.45) is 0 Å². The third kappa shape index (κ3) is 3.31. The SMILES string of the molecule is O=C(NN1CCCCC1)c1ccccc1-c1ccccc1. The number of carbonyl (C=O) groups excluding carboxylic acids is 1. The lowest BCUT2D eigenvalue weighted by molar-refractivity contribution is 0.0751. The Balaban J connectivity index is 1.83. The molecule has 1 aliphatic rings. The van der Waals surface area contributed by atoms with Crippen molar-refractivity contribution in [2.75, 3.05) is 13.1 Å². The molecule has 0 bridgehead atoms. The Morgan fingerprint density at radius 3 is 2.29 bits per heavy atom. The fraction of sp³-hybridized carbons (Fsp3) is 0.278. The molecule has 3 heteroatoms. The predicted molar refractivity (Wildman–Crippen MR) is 84.8 cm³/mol. The van der Waals surface area contributed by atoms with Crippen LogP contribution in [-0.4, -0.2) is 24.0 Å². The van der Waals surface area contributed by atoms with Gasteiger partial charge in [-0.05, 0) is 30.0 Å². The Labute approximate surface area is 125 Å². The van der Waals surface area contributed by atoms with Crippen LogP contribution in [0, 0.1) is 0 Å². The number of carbonyl (C=O) groups is 1.